The van der Waals surface area contributed by atoms with Gasteiger partial charge in [0.1, 0.15) is 0 Å². The second-order valence-electron chi connectivity index (χ2n) is 4.00. The number of nitriles is 1. The van der Waals surface area contributed by atoms with Gasteiger partial charge in [-0.1, -0.05) is 0 Å². The van der Waals surface area contributed by atoms with E-state index in [0.29, 0.717) is 26.1 Å². The number of hydrogen-bond donors (Lipinski definition) is 3. The van der Waals surface area contributed by atoms with E-state index >= 15 is 0 Å². The first kappa shape index (κ1) is 13.5. The minimum Gasteiger partial charge on any atom is -0.355 e. The fraction of sp³-hybridized carbons (Fsp3) is 0.727. The molecule has 1 rings (SSSR count). The van der Waals surface area contributed by atoms with Crippen molar-refractivity contribution in [1.29, 1.82) is 5.26 Å². The predicted molar refractivity (Wildman–Crippen MR) is 61.8 cm³/mol. The second kappa shape index (κ2) is 7.63. The van der Waals surface area contributed by atoms with Crippen molar-refractivity contribution in [3.63, 3.8) is 0 Å². The Balaban J connectivity index is 1.87. The molecule has 1 aliphatic carbocycles. The summed E-state index contributed by atoms with van der Waals surface area (Å²) in [6, 6.07) is 1.95. The van der Waals surface area contributed by atoms with Crippen molar-refractivity contribution < 1.29 is 9.59 Å². The number of hydrogen-bond acceptors (Lipinski definition) is 4. The highest BCUT2D eigenvalue weighted by Gasteiger charge is 2.28. The zero-order valence-electron chi connectivity index (χ0n) is 9.79. The lowest BCUT2D eigenvalue weighted by Gasteiger charge is -2.06. The lowest BCUT2D eigenvalue weighted by molar-refractivity contribution is -0.122. The molecular formula is C11H18N4O2. The van der Waals surface area contributed by atoms with Crippen molar-refractivity contribution in [2.24, 2.45) is 5.92 Å². The summed E-state index contributed by atoms with van der Waals surface area (Å²) in [6.07, 6.45) is 2.32. The van der Waals surface area contributed by atoms with E-state index in [1.165, 1.54) is 0 Å². The highest BCUT2D eigenvalue weighted by Crippen LogP contribution is 2.28. The van der Waals surface area contributed by atoms with Crippen LogP contribution >= 0.6 is 0 Å². The van der Waals surface area contributed by atoms with E-state index in [1.807, 2.05) is 6.07 Å². The van der Waals surface area contributed by atoms with Crippen LogP contribution in [0.4, 0.5) is 0 Å². The maximum Gasteiger partial charge on any atom is 0.233 e. The van der Waals surface area contributed by atoms with Gasteiger partial charge in [-0.3, -0.25) is 9.59 Å². The number of nitrogens with zero attached hydrogens (tertiary/aromatic N) is 1. The highest BCUT2D eigenvalue weighted by molar-refractivity contribution is 5.80. The third-order valence-corrected chi connectivity index (χ3v) is 2.39. The molecule has 3 N–H and O–H groups in total. The van der Waals surface area contributed by atoms with Gasteiger partial charge in [0, 0.05) is 25.6 Å². The Labute approximate surface area is 101 Å². The van der Waals surface area contributed by atoms with Gasteiger partial charge in [-0.15, -0.1) is 0 Å². The molecule has 0 saturated heterocycles. The number of nitrogens with one attached hydrogen (secondary N) is 3. The summed E-state index contributed by atoms with van der Waals surface area (Å²) in [7, 11) is 0. The minimum atomic E-state index is -0.131. The van der Waals surface area contributed by atoms with Crippen LogP contribution in [0.2, 0.25) is 0 Å². The van der Waals surface area contributed by atoms with Gasteiger partial charge in [-0.2, -0.15) is 5.26 Å². The van der Waals surface area contributed by atoms with E-state index in [4.69, 9.17) is 5.26 Å². The molecule has 0 aromatic heterocycles. The van der Waals surface area contributed by atoms with Gasteiger partial charge in [0.15, 0.2) is 0 Å². The SMILES string of the molecule is N#CCCNC(=O)CNCCNC(=O)C1CC1. The van der Waals surface area contributed by atoms with Crippen molar-refractivity contribution in [2.75, 3.05) is 26.2 Å². The third kappa shape index (κ3) is 6.53. The van der Waals surface area contributed by atoms with E-state index < -0.39 is 0 Å². The monoisotopic (exact) mass is 238 g/mol. The predicted octanol–water partition coefficient (Wildman–Crippen LogP) is -0.868. The Morgan fingerprint density at radius 2 is 1.94 bits per heavy atom. The lowest BCUT2D eigenvalue weighted by atomic mass is 10.4. The Kier molecular flexibility index (Phi) is 6.04. The molecule has 17 heavy (non-hydrogen) atoms. The average molecular weight is 238 g/mol. The van der Waals surface area contributed by atoms with Crippen molar-refractivity contribution in [3.8, 4) is 6.07 Å². The molecule has 0 heterocycles. The molecule has 2 amide bonds. The van der Waals surface area contributed by atoms with Crippen LogP contribution in [0.25, 0.3) is 0 Å². The van der Waals surface area contributed by atoms with Crippen molar-refractivity contribution in [3.05, 3.63) is 0 Å². The van der Waals surface area contributed by atoms with Crippen LogP contribution < -0.4 is 16.0 Å². The quantitative estimate of drug-likeness (QED) is 0.479. The average Bonchev–Trinajstić information content (AvgIpc) is 3.12. The molecular weight excluding hydrogens is 220 g/mol. The van der Waals surface area contributed by atoms with Crippen molar-refractivity contribution in [2.45, 2.75) is 19.3 Å². The molecule has 1 aliphatic rings. The summed E-state index contributed by atoms with van der Waals surface area (Å²) in [5.74, 6) is 0.211. The number of amides is 2. The molecule has 0 unspecified atom stereocenters. The normalized spacial score (nSPS) is 13.8. The van der Waals surface area contributed by atoms with E-state index in [0.717, 1.165) is 12.8 Å². The molecule has 1 fully saturated rings. The molecule has 0 bridgehead atoms. The second-order valence-corrected chi connectivity index (χ2v) is 4.00. The van der Waals surface area contributed by atoms with Crippen LogP contribution in [-0.2, 0) is 9.59 Å². The van der Waals surface area contributed by atoms with Gasteiger partial charge in [0.2, 0.25) is 11.8 Å². The molecule has 0 atom stereocenters. The first-order chi connectivity index (χ1) is 8.24. The van der Waals surface area contributed by atoms with E-state index in [1.54, 1.807) is 0 Å². The molecule has 6 nitrogen and oxygen atoms in total. The standard InChI is InChI=1S/C11H18N4O2/c12-4-1-5-14-10(16)8-13-6-7-15-11(17)9-2-3-9/h9,13H,1-3,5-8H2,(H,14,16)(H,15,17). The Morgan fingerprint density at radius 1 is 1.18 bits per heavy atom. The molecule has 0 aromatic carbocycles. The Hall–Kier alpha value is -1.61. The summed E-state index contributed by atoms with van der Waals surface area (Å²) >= 11 is 0. The first-order valence-electron chi connectivity index (χ1n) is 5.86. The summed E-state index contributed by atoms with van der Waals surface area (Å²) in [5, 5.41) is 16.6. The maximum absolute atomic E-state index is 11.2. The van der Waals surface area contributed by atoms with Gasteiger partial charge in [-0.05, 0) is 12.8 Å². The smallest absolute Gasteiger partial charge is 0.233 e. The molecule has 0 aromatic rings. The molecule has 0 radical (unpaired) electrons. The van der Waals surface area contributed by atoms with Crippen LogP contribution in [0.15, 0.2) is 0 Å². The zero-order valence-corrected chi connectivity index (χ0v) is 9.79. The summed E-state index contributed by atoms with van der Waals surface area (Å²) in [6.45, 7) is 1.71. The summed E-state index contributed by atoms with van der Waals surface area (Å²) in [5.41, 5.74) is 0. The van der Waals surface area contributed by atoms with E-state index in [-0.39, 0.29) is 24.3 Å². The van der Waals surface area contributed by atoms with Crippen molar-refractivity contribution >= 4 is 11.8 Å². The molecule has 1 saturated carbocycles. The fourth-order valence-electron chi connectivity index (χ4n) is 1.29. The van der Waals surface area contributed by atoms with Gasteiger partial charge < -0.3 is 16.0 Å². The van der Waals surface area contributed by atoms with Crippen LogP contribution in [0.5, 0.6) is 0 Å². The molecule has 0 aliphatic heterocycles. The van der Waals surface area contributed by atoms with Gasteiger partial charge in [0.05, 0.1) is 19.0 Å². The Bertz CT molecular complexity index is 307. The zero-order chi connectivity index (χ0) is 12.5. The summed E-state index contributed by atoms with van der Waals surface area (Å²) < 4.78 is 0. The van der Waals surface area contributed by atoms with Crippen molar-refractivity contribution in [1.82, 2.24) is 16.0 Å². The topological polar surface area (TPSA) is 94.0 Å². The van der Waals surface area contributed by atoms with Gasteiger partial charge >= 0.3 is 0 Å². The lowest BCUT2D eigenvalue weighted by Crippen LogP contribution is -2.38. The maximum atomic E-state index is 11.2. The third-order valence-electron chi connectivity index (χ3n) is 2.39. The molecule has 94 valence electrons. The summed E-state index contributed by atoms with van der Waals surface area (Å²) in [4.78, 5) is 22.4. The van der Waals surface area contributed by atoms with Crippen LogP contribution in [0, 0.1) is 17.2 Å². The van der Waals surface area contributed by atoms with Gasteiger partial charge in [-0.25, -0.2) is 0 Å². The van der Waals surface area contributed by atoms with Crippen LogP contribution in [-0.4, -0.2) is 38.0 Å². The fourth-order valence-corrected chi connectivity index (χ4v) is 1.29. The minimum absolute atomic E-state index is 0.116. The van der Waals surface area contributed by atoms with E-state index in [2.05, 4.69) is 16.0 Å². The largest absolute Gasteiger partial charge is 0.355 e. The molecule has 0 spiro atoms. The van der Waals surface area contributed by atoms with E-state index in [9.17, 15) is 9.59 Å². The number of carbonyl (C=O) groups is 2. The first-order valence-corrected chi connectivity index (χ1v) is 5.86. The number of rotatable bonds is 8. The van der Waals surface area contributed by atoms with Crippen LogP contribution in [0.1, 0.15) is 19.3 Å². The molecule has 6 heteroatoms. The number of carbonyl (C=O) groups excluding carboxylic acids is 2. The highest BCUT2D eigenvalue weighted by atomic mass is 16.2. The van der Waals surface area contributed by atoms with Crippen LogP contribution in [0.3, 0.4) is 0 Å². The van der Waals surface area contributed by atoms with Gasteiger partial charge in [0.25, 0.3) is 0 Å². The Morgan fingerprint density at radius 3 is 2.59 bits per heavy atom.